The van der Waals surface area contributed by atoms with Crippen molar-refractivity contribution in [3.8, 4) is 39.1 Å². The number of hydrogen-bond donors (Lipinski definition) is 0. The lowest BCUT2D eigenvalue weighted by Gasteiger charge is -2.31. The number of rotatable bonds is 8. The SMILES string of the molecule is CC(C)(C)c1cc(-c2ccccc2N(c2ccc(-c3cccc4c3c3ccccc3n4-c3ccccc3)cc2)c2ccccc2-c2cccc3cccc(C4CCCCC4)c23)cc(C(C)(C)C)c1. The summed E-state index contributed by atoms with van der Waals surface area (Å²) in [5, 5.41) is 5.23. The van der Waals surface area contributed by atoms with Gasteiger partial charge in [-0.3, -0.25) is 0 Å². The van der Waals surface area contributed by atoms with Gasteiger partial charge in [-0.25, -0.2) is 0 Å². The van der Waals surface area contributed by atoms with Gasteiger partial charge in [-0.1, -0.05) is 212 Å². The van der Waals surface area contributed by atoms with Crippen molar-refractivity contribution in [2.24, 2.45) is 0 Å². The molecule has 1 aliphatic carbocycles. The average molecular weight is 883 g/mol. The van der Waals surface area contributed by atoms with Crippen LogP contribution in [-0.4, -0.2) is 4.57 Å². The standard InChI is InChI=1S/C66H62N2/c1-65(2,3)49-42-48(43-50(44-49)66(4,5)6)53-28-13-16-34-59(53)67(60-35-17-14-29-56(60)57-33-20-25-47-24-19-31-54(63(47)57)45-22-9-7-10-23-45)52-40-38-46(39-41-52)55-32-21-37-62-64(55)58-30-15-18-36-61(58)68(62)51-26-11-8-12-27-51/h8,11-21,24-45H,7,9-10,22-23H2,1-6H3. The quantitative estimate of drug-likeness (QED) is 0.148. The number of fused-ring (bicyclic) bond motifs is 4. The lowest BCUT2D eigenvalue weighted by molar-refractivity contribution is 0.445. The van der Waals surface area contributed by atoms with Crippen LogP contribution in [0.15, 0.2) is 200 Å². The summed E-state index contributed by atoms with van der Waals surface area (Å²) in [4.78, 5) is 2.54. The molecule has 0 atom stereocenters. The zero-order valence-corrected chi connectivity index (χ0v) is 40.6. The maximum Gasteiger partial charge on any atom is 0.0547 e. The molecular weight excluding hydrogens is 821 g/mol. The molecule has 11 rings (SSSR count). The van der Waals surface area contributed by atoms with Crippen molar-refractivity contribution in [3.05, 3.63) is 217 Å². The number of para-hydroxylation sites is 4. The maximum absolute atomic E-state index is 2.54. The van der Waals surface area contributed by atoms with Crippen LogP contribution >= 0.6 is 0 Å². The molecular formula is C66H62N2. The lowest BCUT2D eigenvalue weighted by Crippen LogP contribution is -2.17. The Bertz CT molecular complexity index is 3400. The molecule has 1 aliphatic rings. The summed E-state index contributed by atoms with van der Waals surface area (Å²) in [6.45, 7) is 14.0. The predicted octanol–water partition coefficient (Wildman–Crippen LogP) is 19.1. The highest BCUT2D eigenvalue weighted by atomic mass is 15.1. The minimum Gasteiger partial charge on any atom is -0.309 e. The summed E-state index contributed by atoms with van der Waals surface area (Å²) in [7, 11) is 0. The van der Waals surface area contributed by atoms with Crippen LogP contribution in [0.2, 0.25) is 0 Å². The molecule has 1 aromatic heterocycles. The van der Waals surface area contributed by atoms with Crippen LogP contribution in [0.4, 0.5) is 17.1 Å². The van der Waals surface area contributed by atoms with Crippen molar-refractivity contribution in [2.45, 2.75) is 90.4 Å². The molecule has 0 spiro atoms. The molecule has 1 saturated carbocycles. The summed E-state index contributed by atoms with van der Waals surface area (Å²) in [5.74, 6) is 0.573. The van der Waals surface area contributed by atoms with Gasteiger partial charge in [0, 0.05) is 33.3 Å². The Kier molecular flexibility index (Phi) is 11.2. The molecule has 0 bridgehead atoms. The van der Waals surface area contributed by atoms with Gasteiger partial charge in [0.05, 0.1) is 22.4 Å². The Labute approximate surface area is 403 Å². The fourth-order valence-electron chi connectivity index (χ4n) is 11.1. The van der Waals surface area contributed by atoms with Gasteiger partial charge in [-0.2, -0.15) is 0 Å². The maximum atomic E-state index is 2.54. The van der Waals surface area contributed by atoms with Crippen LogP contribution in [-0.2, 0) is 10.8 Å². The third-order valence-corrected chi connectivity index (χ3v) is 14.7. The number of anilines is 3. The Morgan fingerprint density at radius 2 is 0.985 bits per heavy atom. The van der Waals surface area contributed by atoms with E-state index < -0.39 is 0 Å². The topological polar surface area (TPSA) is 8.17 Å². The highest BCUT2D eigenvalue weighted by Crippen LogP contribution is 2.49. The van der Waals surface area contributed by atoms with Crippen molar-refractivity contribution in [3.63, 3.8) is 0 Å². The van der Waals surface area contributed by atoms with Crippen LogP contribution in [0.3, 0.4) is 0 Å². The molecule has 0 aliphatic heterocycles. The first-order valence-corrected chi connectivity index (χ1v) is 24.9. The van der Waals surface area contributed by atoms with Crippen LogP contribution in [0.25, 0.3) is 71.6 Å². The van der Waals surface area contributed by atoms with E-state index in [1.807, 2.05) is 0 Å². The smallest absolute Gasteiger partial charge is 0.0547 e. The van der Waals surface area contributed by atoms with E-state index in [9.17, 15) is 0 Å². The summed E-state index contributed by atoms with van der Waals surface area (Å²) in [5.41, 5.74) is 18.6. The third kappa shape index (κ3) is 7.90. The van der Waals surface area contributed by atoms with E-state index in [0.717, 1.165) is 17.1 Å². The summed E-state index contributed by atoms with van der Waals surface area (Å²) in [6, 6.07) is 75.2. The Balaban J connectivity index is 1.13. The largest absolute Gasteiger partial charge is 0.309 e. The minimum absolute atomic E-state index is 0.0201. The average Bonchev–Trinajstić information content (AvgIpc) is 3.71. The van der Waals surface area contributed by atoms with Gasteiger partial charge in [0.15, 0.2) is 0 Å². The Morgan fingerprint density at radius 3 is 1.69 bits per heavy atom. The second-order valence-electron chi connectivity index (χ2n) is 21.2. The van der Waals surface area contributed by atoms with Gasteiger partial charge < -0.3 is 9.47 Å². The number of aromatic nitrogens is 1. The monoisotopic (exact) mass is 882 g/mol. The van der Waals surface area contributed by atoms with Crippen LogP contribution in [0, 0.1) is 0 Å². The molecule has 0 radical (unpaired) electrons. The molecule has 2 heteroatoms. The number of hydrogen-bond acceptors (Lipinski definition) is 1. The van der Waals surface area contributed by atoms with E-state index in [2.05, 4.69) is 251 Å². The Morgan fingerprint density at radius 1 is 0.426 bits per heavy atom. The highest BCUT2D eigenvalue weighted by Gasteiger charge is 2.27. The fourth-order valence-corrected chi connectivity index (χ4v) is 11.1. The van der Waals surface area contributed by atoms with Gasteiger partial charge in [0.25, 0.3) is 0 Å². The van der Waals surface area contributed by atoms with Crippen LogP contribution in [0.1, 0.15) is 96.3 Å². The second-order valence-corrected chi connectivity index (χ2v) is 21.2. The van der Waals surface area contributed by atoms with Gasteiger partial charge in [0.2, 0.25) is 0 Å². The first-order chi connectivity index (χ1) is 33.0. The normalized spacial score (nSPS) is 13.7. The van der Waals surface area contributed by atoms with E-state index in [-0.39, 0.29) is 10.8 Å². The van der Waals surface area contributed by atoms with Crippen molar-refractivity contribution >= 4 is 49.6 Å². The van der Waals surface area contributed by atoms with Crippen molar-refractivity contribution in [1.82, 2.24) is 4.57 Å². The molecule has 0 saturated heterocycles. The predicted molar refractivity (Wildman–Crippen MR) is 293 cm³/mol. The second kappa shape index (κ2) is 17.5. The molecule has 1 fully saturated rings. The summed E-state index contributed by atoms with van der Waals surface area (Å²) >= 11 is 0. The van der Waals surface area contributed by atoms with E-state index >= 15 is 0 Å². The molecule has 68 heavy (non-hydrogen) atoms. The summed E-state index contributed by atoms with van der Waals surface area (Å²) in [6.07, 6.45) is 6.46. The molecule has 0 amide bonds. The highest BCUT2D eigenvalue weighted by molar-refractivity contribution is 6.16. The minimum atomic E-state index is -0.0201. The van der Waals surface area contributed by atoms with Crippen LogP contribution < -0.4 is 4.90 Å². The van der Waals surface area contributed by atoms with E-state index in [4.69, 9.17) is 0 Å². The molecule has 1 heterocycles. The van der Waals surface area contributed by atoms with E-state index in [1.165, 1.54) is 120 Å². The number of benzene rings is 9. The van der Waals surface area contributed by atoms with E-state index in [0.29, 0.717) is 5.92 Å². The molecule has 9 aromatic carbocycles. The third-order valence-electron chi connectivity index (χ3n) is 14.7. The van der Waals surface area contributed by atoms with Crippen molar-refractivity contribution in [1.29, 1.82) is 0 Å². The van der Waals surface area contributed by atoms with Gasteiger partial charge in [-0.05, 0) is 128 Å². The first-order valence-electron chi connectivity index (χ1n) is 24.9. The first kappa shape index (κ1) is 43.4. The van der Waals surface area contributed by atoms with Crippen molar-refractivity contribution in [2.75, 3.05) is 4.90 Å². The van der Waals surface area contributed by atoms with Crippen molar-refractivity contribution < 1.29 is 0 Å². The van der Waals surface area contributed by atoms with Gasteiger partial charge >= 0.3 is 0 Å². The van der Waals surface area contributed by atoms with Crippen LogP contribution in [0.5, 0.6) is 0 Å². The molecule has 2 nitrogen and oxygen atoms in total. The zero-order chi connectivity index (χ0) is 46.6. The van der Waals surface area contributed by atoms with E-state index in [1.54, 1.807) is 0 Å². The molecule has 0 N–H and O–H groups in total. The van der Waals surface area contributed by atoms with Gasteiger partial charge in [0.1, 0.15) is 0 Å². The zero-order valence-electron chi connectivity index (χ0n) is 40.6. The fraction of sp³-hybridized carbons (Fsp3) is 0.212. The molecule has 10 aromatic rings. The Hall–Kier alpha value is -7.16. The molecule has 0 unspecified atom stereocenters. The number of nitrogens with zero attached hydrogens (tertiary/aromatic N) is 2. The van der Waals surface area contributed by atoms with Gasteiger partial charge in [-0.15, -0.1) is 0 Å². The lowest BCUT2D eigenvalue weighted by atomic mass is 9.78. The molecule has 336 valence electrons. The summed E-state index contributed by atoms with van der Waals surface area (Å²) < 4.78 is 2.41.